The van der Waals surface area contributed by atoms with E-state index in [9.17, 15) is 39.6 Å². The zero-order valence-electron chi connectivity index (χ0n) is 20.9. The van der Waals surface area contributed by atoms with Crippen molar-refractivity contribution in [1.29, 1.82) is 0 Å². The minimum absolute atomic E-state index is 0.0265. The van der Waals surface area contributed by atoms with Crippen LogP contribution < -0.4 is 9.62 Å². The number of aromatic nitrogens is 2. The largest absolute Gasteiger partial charge is 0.481 e. The Hall–Kier alpha value is -3.88. The molecular formula is C25H24F6N4O4S. The molecule has 3 rings (SSSR count). The van der Waals surface area contributed by atoms with Crippen molar-refractivity contribution in [2.45, 2.75) is 43.6 Å². The lowest BCUT2D eigenvalue weighted by Crippen LogP contribution is -2.30. The van der Waals surface area contributed by atoms with E-state index < -0.39 is 63.4 Å². The van der Waals surface area contributed by atoms with E-state index in [1.807, 2.05) is 0 Å². The van der Waals surface area contributed by atoms with E-state index in [0.29, 0.717) is 11.6 Å². The lowest BCUT2D eigenvalue weighted by atomic mass is 10.0. The maximum absolute atomic E-state index is 13.7. The highest BCUT2D eigenvalue weighted by Crippen LogP contribution is 2.38. The molecule has 8 nitrogen and oxygen atoms in total. The van der Waals surface area contributed by atoms with Crippen LogP contribution in [0.4, 0.5) is 38.0 Å². The smallest absolute Gasteiger partial charge is 0.418 e. The van der Waals surface area contributed by atoms with E-state index in [1.54, 1.807) is 19.1 Å². The van der Waals surface area contributed by atoms with Crippen LogP contribution in [0.1, 0.15) is 30.4 Å². The van der Waals surface area contributed by atoms with Gasteiger partial charge in [0, 0.05) is 25.1 Å². The van der Waals surface area contributed by atoms with Crippen LogP contribution in [0, 0.1) is 6.92 Å². The Morgan fingerprint density at radius 3 is 2.27 bits per heavy atom. The van der Waals surface area contributed by atoms with E-state index in [0.717, 1.165) is 17.0 Å². The summed E-state index contributed by atoms with van der Waals surface area (Å²) in [6, 6.07) is 11.2. The van der Waals surface area contributed by atoms with Crippen LogP contribution in [0.25, 0.3) is 11.3 Å². The molecule has 0 unspecified atom stereocenters. The summed E-state index contributed by atoms with van der Waals surface area (Å²) in [4.78, 5) is 19.8. The molecule has 0 saturated heterocycles. The highest BCUT2D eigenvalue weighted by molar-refractivity contribution is 7.92. The quantitative estimate of drug-likeness (QED) is 0.268. The predicted molar refractivity (Wildman–Crippen MR) is 134 cm³/mol. The number of alkyl halides is 6. The molecule has 0 aliphatic carbocycles. The first-order valence-corrected chi connectivity index (χ1v) is 13.2. The molecule has 3 aromatic rings. The molecule has 0 bridgehead atoms. The van der Waals surface area contributed by atoms with Gasteiger partial charge in [0.05, 0.1) is 17.7 Å². The van der Waals surface area contributed by atoms with E-state index in [1.165, 1.54) is 24.3 Å². The van der Waals surface area contributed by atoms with Gasteiger partial charge in [0.1, 0.15) is 11.6 Å². The standard InChI is InChI=1S/C25H24F6N4O4S/c1-16-6-2-3-7-17(16)23-18(25(29,30)31)11-12-19(32-23)34-40(38,39)21-9-4-8-20(33-21)35(14-5-10-22(36)37)15-13-24(26,27)28/h2-4,6-9,11-12H,5,10,13-15H2,1H3,(H,32,34)(H,36,37). The molecule has 0 aliphatic rings. The molecule has 216 valence electrons. The van der Waals surface area contributed by atoms with Gasteiger partial charge in [0.2, 0.25) is 0 Å². The number of rotatable bonds is 11. The highest BCUT2D eigenvalue weighted by Gasteiger charge is 2.35. The van der Waals surface area contributed by atoms with Crippen LogP contribution in [0.2, 0.25) is 0 Å². The van der Waals surface area contributed by atoms with Gasteiger partial charge in [-0.05, 0) is 43.2 Å². The number of aryl methyl sites for hydroxylation is 1. The van der Waals surface area contributed by atoms with E-state index in [-0.39, 0.29) is 30.8 Å². The van der Waals surface area contributed by atoms with Gasteiger partial charge in [-0.1, -0.05) is 30.3 Å². The second-order valence-electron chi connectivity index (χ2n) is 8.69. The molecule has 1 aromatic carbocycles. The SMILES string of the molecule is Cc1ccccc1-c1nc(NS(=O)(=O)c2cccc(N(CCCC(=O)O)CCC(F)(F)F)n2)ccc1C(F)(F)F. The normalized spacial score (nSPS) is 12.3. The van der Waals surface area contributed by atoms with Crippen LogP contribution >= 0.6 is 0 Å². The van der Waals surface area contributed by atoms with Crippen LogP contribution in [0.3, 0.4) is 0 Å². The molecule has 2 heterocycles. The van der Waals surface area contributed by atoms with Gasteiger partial charge in [-0.3, -0.25) is 9.52 Å². The molecule has 2 aromatic heterocycles. The van der Waals surface area contributed by atoms with Gasteiger partial charge in [-0.25, -0.2) is 9.97 Å². The number of benzene rings is 1. The Kier molecular flexibility index (Phi) is 9.28. The van der Waals surface area contributed by atoms with Crippen molar-refractivity contribution >= 4 is 27.6 Å². The number of nitrogens with one attached hydrogen (secondary N) is 1. The zero-order chi connectivity index (χ0) is 29.7. The molecular weight excluding hydrogens is 566 g/mol. The number of sulfonamides is 1. The van der Waals surface area contributed by atoms with Crippen molar-refractivity contribution in [3.63, 3.8) is 0 Å². The summed E-state index contributed by atoms with van der Waals surface area (Å²) in [6.45, 7) is 0.824. The summed E-state index contributed by atoms with van der Waals surface area (Å²) in [5.41, 5.74) is -0.967. The predicted octanol–water partition coefficient (Wildman–Crippen LogP) is 5.90. The van der Waals surface area contributed by atoms with Crippen molar-refractivity contribution in [2.75, 3.05) is 22.7 Å². The van der Waals surface area contributed by atoms with Gasteiger partial charge in [-0.15, -0.1) is 0 Å². The van der Waals surface area contributed by atoms with Crippen molar-refractivity contribution in [2.24, 2.45) is 0 Å². The van der Waals surface area contributed by atoms with E-state index in [2.05, 4.69) is 14.7 Å². The number of carboxylic acid groups (broad SMARTS) is 1. The van der Waals surface area contributed by atoms with Gasteiger partial charge in [0.25, 0.3) is 10.0 Å². The summed E-state index contributed by atoms with van der Waals surface area (Å²) >= 11 is 0. The first kappa shape index (κ1) is 30.7. The molecule has 0 radical (unpaired) electrons. The molecule has 0 spiro atoms. The topological polar surface area (TPSA) is 112 Å². The fourth-order valence-corrected chi connectivity index (χ4v) is 4.70. The second kappa shape index (κ2) is 12.1. The Morgan fingerprint density at radius 1 is 0.950 bits per heavy atom. The third kappa shape index (κ3) is 8.31. The second-order valence-corrected chi connectivity index (χ2v) is 10.3. The van der Waals surface area contributed by atoms with Crippen LogP contribution in [0.5, 0.6) is 0 Å². The number of nitrogens with zero attached hydrogens (tertiary/aromatic N) is 3. The average Bonchev–Trinajstić information content (AvgIpc) is 2.85. The summed E-state index contributed by atoms with van der Waals surface area (Å²) < 4.78 is 108. The first-order valence-electron chi connectivity index (χ1n) is 11.7. The minimum atomic E-state index is -4.78. The van der Waals surface area contributed by atoms with Crippen molar-refractivity contribution in [1.82, 2.24) is 9.97 Å². The number of carboxylic acids is 1. The molecule has 0 atom stereocenters. The Labute approximate surface area is 225 Å². The molecule has 40 heavy (non-hydrogen) atoms. The third-order valence-electron chi connectivity index (χ3n) is 5.63. The maximum Gasteiger partial charge on any atom is 0.418 e. The molecule has 0 amide bonds. The molecule has 0 fully saturated rings. The Balaban J connectivity index is 1.95. The van der Waals surface area contributed by atoms with Crippen molar-refractivity contribution in [3.05, 3.63) is 65.7 Å². The summed E-state index contributed by atoms with van der Waals surface area (Å²) in [5, 5.41) is 8.22. The lowest BCUT2D eigenvalue weighted by Gasteiger charge is -2.24. The van der Waals surface area contributed by atoms with Crippen molar-refractivity contribution < 1.29 is 44.7 Å². The highest BCUT2D eigenvalue weighted by atomic mass is 32.2. The number of aliphatic carboxylic acids is 1. The van der Waals surface area contributed by atoms with E-state index in [4.69, 9.17) is 5.11 Å². The fourth-order valence-electron chi connectivity index (χ4n) is 3.73. The van der Waals surface area contributed by atoms with Gasteiger partial charge >= 0.3 is 18.3 Å². The lowest BCUT2D eigenvalue weighted by molar-refractivity contribution is -0.138. The van der Waals surface area contributed by atoms with Gasteiger partial charge in [-0.2, -0.15) is 34.8 Å². The number of hydrogen-bond donors (Lipinski definition) is 2. The maximum atomic E-state index is 13.7. The zero-order valence-corrected chi connectivity index (χ0v) is 21.7. The minimum Gasteiger partial charge on any atom is -0.481 e. The number of pyridine rings is 2. The van der Waals surface area contributed by atoms with Crippen LogP contribution in [-0.2, 0) is 21.0 Å². The van der Waals surface area contributed by atoms with Crippen LogP contribution in [0.15, 0.2) is 59.6 Å². The monoisotopic (exact) mass is 590 g/mol. The number of anilines is 2. The first-order chi connectivity index (χ1) is 18.6. The number of hydrogen-bond acceptors (Lipinski definition) is 6. The van der Waals surface area contributed by atoms with E-state index >= 15 is 0 Å². The summed E-state index contributed by atoms with van der Waals surface area (Å²) in [6.07, 6.45) is -10.9. The molecule has 2 N–H and O–H groups in total. The molecule has 0 saturated carbocycles. The van der Waals surface area contributed by atoms with Crippen LogP contribution in [-0.4, -0.2) is 48.7 Å². The molecule has 0 aliphatic heterocycles. The Morgan fingerprint density at radius 2 is 1.65 bits per heavy atom. The van der Waals surface area contributed by atoms with Crippen molar-refractivity contribution in [3.8, 4) is 11.3 Å². The van der Waals surface area contributed by atoms with Gasteiger partial charge < -0.3 is 10.0 Å². The number of carbonyl (C=O) groups is 1. The summed E-state index contributed by atoms with van der Waals surface area (Å²) in [7, 11) is -4.55. The average molecular weight is 591 g/mol. The molecule has 15 heteroatoms. The van der Waals surface area contributed by atoms with Gasteiger partial charge in [0.15, 0.2) is 5.03 Å². The third-order valence-corrected chi connectivity index (χ3v) is 6.89. The number of halogens is 6. The summed E-state index contributed by atoms with van der Waals surface area (Å²) in [5.74, 6) is -1.74. The Bertz CT molecular complexity index is 1460. The fraction of sp³-hybridized carbons (Fsp3) is 0.320.